The standard InChI is InChI=1S/C19H14ClF2NO4/c1-10-4-3-5-12(6-10)17-23-14(18(24)27-17)8-11-7-13(20)16(26-19(21)22)15(9-11)25-2/h3-9,19H,1-2H3/b14-8-. The summed E-state index contributed by atoms with van der Waals surface area (Å²) in [5, 5.41) is -0.0873. The lowest BCUT2D eigenvalue weighted by Gasteiger charge is -2.12. The van der Waals surface area contributed by atoms with Crippen LogP contribution in [0.1, 0.15) is 16.7 Å². The Hall–Kier alpha value is -2.93. The summed E-state index contributed by atoms with van der Waals surface area (Å²) >= 11 is 6.00. The van der Waals surface area contributed by atoms with Gasteiger partial charge in [-0.05, 0) is 42.8 Å². The Kier molecular flexibility index (Phi) is 5.41. The van der Waals surface area contributed by atoms with Gasteiger partial charge in [-0.25, -0.2) is 9.79 Å². The topological polar surface area (TPSA) is 57.1 Å². The Morgan fingerprint density at radius 2 is 2.04 bits per heavy atom. The molecule has 1 aliphatic heterocycles. The third kappa shape index (κ3) is 4.25. The smallest absolute Gasteiger partial charge is 0.387 e. The Balaban J connectivity index is 1.96. The summed E-state index contributed by atoms with van der Waals surface area (Å²) in [5.41, 5.74) is 2.13. The molecule has 1 heterocycles. The third-order valence-electron chi connectivity index (χ3n) is 3.65. The predicted molar refractivity (Wildman–Crippen MR) is 96.4 cm³/mol. The Morgan fingerprint density at radius 1 is 1.26 bits per heavy atom. The number of ether oxygens (including phenoxy) is 3. The van der Waals surface area contributed by atoms with Crippen molar-refractivity contribution in [2.75, 3.05) is 7.11 Å². The van der Waals surface area contributed by atoms with Crippen LogP contribution in [0.2, 0.25) is 5.02 Å². The van der Waals surface area contributed by atoms with Crippen LogP contribution in [-0.2, 0) is 9.53 Å². The van der Waals surface area contributed by atoms with Gasteiger partial charge in [0.1, 0.15) is 0 Å². The maximum absolute atomic E-state index is 12.5. The van der Waals surface area contributed by atoms with Gasteiger partial charge in [-0.2, -0.15) is 8.78 Å². The summed E-state index contributed by atoms with van der Waals surface area (Å²) < 4.78 is 39.6. The number of hydrogen-bond acceptors (Lipinski definition) is 5. The molecule has 0 aliphatic carbocycles. The molecule has 0 unspecified atom stereocenters. The third-order valence-corrected chi connectivity index (χ3v) is 3.93. The van der Waals surface area contributed by atoms with Crippen LogP contribution in [0.4, 0.5) is 8.78 Å². The summed E-state index contributed by atoms with van der Waals surface area (Å²) in [6, 6.07) is 10.1. The molecule has 2 aromatic rings. The van der Waals surface area contributed by atoms with Gasteiger partial charge < -0.3 is 14.2 Å². The van der Waals surface area contributed by atoms with E-state index in [0.717, 1.165) is 5.56 Å². The lowest BCUT2D eigenvalue weighted by atomic mass is 10.1. The Morgan fingerprint density at radius 3 is 2.70 bits per heavy atom. The molecule has 27 heavy (non-hydrogen) atoms. The fraction of sp³-hybridized carbons (Fsp3) is 0.158. The lowest BCUT2D eigenvalue weighted by molar-refractivity contribution is -0.129. The molecule has 8 heteroatoms. The second-order valence-corrected chi connectivity index (χ2v) is 6.03. The molecule has 140 valence electrons. The van der Waals surface area contributed by atoms with E-state index in [1.807, 2.05) is 25.1 Å². The molecule has 5 nitrogen and oxygen atoms in total. The molecular formula is C19H14ClF2NO4. The molecule has 0 saturated carbocycles. The normalized spacial score (nSPS) is 15.1. The molecule has 2 aromatic carbocycles. The van der Waals surface area contributed by atoms with E-state index in [4.69, 9.17) is 21.1 Å². The molecule has 0 aromatic heterocycles. The fourth-order valence-corrected chi connectivity index (χ4v) is 2.76. The van der Waals surface area contributed by atoms with Crippen LogP contribution >= 0.6 is 11.6 Å². The number of aryl methyl sites for hydroxylation is 1. The number of methoxy groups -OCH3 is 1. The van der Waals surface area contributed by atoms with Gasteiger partial charge in [-0.3, -0.25) is 0 Å². The van der Waals surface area contributed by atoms with E-state index in [1.54, 1.807) is 6.07 Å². The summed E-state index contributed by atoms with van der Waals surface area (Å²) in [6.45, 7) is -1.14. The van der Waals surface area contributed by atoms with Crippen LogP contribution < -0.4 is 9.47 Å². The van der Waals surface area contributed by atoms with Gasteiger partial charge in [0.2, 0.25) is 5.90 Å². The number of cyclic esters (lactones) is 1. The lowest BCUT2D eigenvalue weighted by Crippen LogP contribution is -2.05. The van der Waals surface area contributed by atoms with E-state index in [-0.39, 0.29) is 28.1 Å². The number of benzene rings is 2. The Bertz CT molecular complexity index is 957. The predicted octanol–water partition coefficient (Wildman–Crippen LogP) is 4.60. The molecule has 3 rings (SSSR count). The van der Waals surface area contributed by atoms with Gasteiger partial charge in [0.25, 0.3) is 0 Å². The van der Waals surface area contributed by atoms with Crippen molar-refractivity contribution in [3.8, 4) is 11.5 Å². The van der Waals surface area contributed by atoms with Gasteiger partial charge in [0.05, 0.1) is 12.1 Å². The fourth-order valence-electron chi connectivity index (χ4n) is 2.50. The zero-order chi connectivity index (χ0) is 19.6. The molecular weight excluding hydrogens is 380 g/mol. The van der Waals surface area contributed by atoms with E-state index >= 15 is 0 Å². The highest BCUT2D eigenvalue weighted by Crippen LogP contribution is 2.38. The molecule has 1 aliphatic rings. The number of carbonyl (C=O) groups is 1. The minimum Gasteiger partial charge on any atom is -0.493 e. The molecule has 0 amide bonds. The summed E-state index contributed by atoms with van der Waals surface area (Å²) in [5.74, 6) is -0.724. The SMILES string of the molecule is COc1cc(/C=C2\N=C(c3cccc(C)c3)OC2=O)cc(Cl)c1OC(F)F. The summed E-state index contributed by atoms with van der Waals surface area (Å²) in [6.07, 6.45) is 1.42. The van der Waals surface area contributed by atoms with Crippen LogP contribution in [0.15, 0.2) is 47.1 Å². The van der Waals surface area contributed by atoms with Crippen molar-refractivity contribution in [2.24, 2.45) is 4.99 Å². The number of carbonyl (C=O) groups excluding carboxylic acids is 1. The van der Waals surface area contributed by atoms with E-state index in [0.29, 0.717) is 11.1 Å². The van der Waals surface area contributed by atoms with Crippen molar-refractivity contribution >= 4 is 29.5 Å². The zero-order valence-electron chi connectivity index (χ0n) is 14.3. The second-order valence-electron chi connectivity index (χ2n) is 5.62. The van der Waals surface area contributed by atoms with Crippen LogP contribution in [0.3, 0.4) is 0 Å². The van der Waals surface area contributed by atoms with Crippen LogP contribution in [0.25, 0.3) is 6.08 Å². The first kappa shape index (κ1) is 18.8. The first-order chi connectivity index (χ1) is 12.9. The maximum Gasteiger partial charge on any atom is 0.387 e. The van der Waals surface area contributed by atoms with Crippen molar-refractivity contribution in [3.05, 3.63) is 63.8 Å². The first-order valence-corrected chi connectivity index (χ1v) is 8.17. The minimum absolute atomic E-state index is 0.00361. The number of nitrogens with zero attached hydrogens (tertiary/aromatic N) is 1. The molecule has 0 atom stereocenters. The van der Waals surface area contributed by atoms with Crippen molar-refractivity contribution in [2.45, 2.75) is 13.5 Å². The van der Waals surface area contributed by atoms with Gasteiger partial charge in [0, 0.05) is 5.56 Å². The Labute approximate surface area is 158 Å². The van der Waals surface area contributed by atoms with Crippen molar-refractivity contribution < 1.29 is 27.8 Å². The van der Waals surface area contributed by atoms with Gasteiger partial charge >= 0.3 is 12.6 Å². The number of aliphatic imine (C=N–C) groups is 1. The van der Waals surface area contributed by atoms with Crippen LogP contribution in [-0.4, -0.2) is 25.6 Å². The summed E-state index contributed by atoms with van der Waals surface area (Å²) in [7, 11) is 1.29. The van der Waals surface area contributed by atoms with E-state index in [1.165, 1.54) is 25.3 Å². The van der Waals surface area contributed by atoms with Crippen LogP contribution in [0.5, 0.6) is 11.5 Å². The monoisotopic (exact) mass is 393 g/mol. The second kappa shape index (κ2) is 7.75. The van der Waals surface area contributed by atoms with Crippen molar-refractivity contribution in [3.63, 3.8) is 0 Å². The molecule has 0 radical (unpaired) electrons. The van der Waals surface area contributed by atoms with Gasteiger partial charge in [-0.1, -0.05) is 29.3 Å². The molecule has 0 N–H and O–H groups in total. The molecule has 0 fully saturated rings. The highest BCUT2D eigenvalue weighted by Gasteiger charge is 2.25. The highest BCUT2D eigenvalue weighted by molar-refractivity contribution is 6.32. The van der Waals surface area contributed by atoms with E-state index in [2.05, 4.69) is 9.73 Å². The largest absolute Gasteiger partial charge is 0.493 e. The van der Waals surface area contributed by atoms with Crippen molar-refractivity contribution in [1.82, 2.24) is 0 Å². The number of esters is 1. The maximum atomic E-state index is 12.5. The average Bonchev–Trinajstić information content (AvgIpc) is 2.97. The average molecular weight is 394 g/mol. The molecule has 0 saturated heterocycles. The summed E-state index contributed by atoms with van der Waals surface area (Å²) in [4.78, 5) is 16.3. The van der Waals surface area contributed by atoms with E-state index in [9.17, 15) is 13.6 Å². The van der Waals surface area contributed by atoms with E-state index < -0.39 is 12.6 Å². The molecule has 0 spiro atoms. The zero-order valence-corrected chi connectivity index (χ0v) is 15.1. The number of alkyl halides is 2. The highest BCUT2D eigenvalue weighted by atomic mass is 35.5. The first-order valence-electron chi connectivity index (χ1n) is 7.79. The number of hydrogen-bond donors (Lipinski definition) is 0. The number of rotatable bonds is 5. The van der Waals surface area contributed by atoms with Crippen molar-refractivity contribution in [1.29, 1.82) is 0 Å². The quantitative estimate of drug-likeness (QED) is 0.550. The van der Waals surface area contributed by atoms with Crippen LogP contribution in [0, 0.1) is 6.92 Å². The van der Waals surface area contributed by atoms with Gasteiger partial charge in [0.15, 0.2) is 17.2 Å². The number of halogens is 3. The van der Waals surface area contributed by atoms with Gasteiger partial charge in [-0.15, -0.1) is 0 Å². The minimum atomic E-state index is -3.05. The molecule has 0 bridgehead atoms.